The van der Waals surface area contributed by atoms with Crippen molar-refractivity contribution in [1.29, 1.82) is 0 Å². The average molecular weight is 410 g/mol. The summed E-state index contributed by atoms with van der Waals surface area (Å²) >= 11 is 0. The molecular formula is C17H14F4N6O2. The average Bonchev–Trinajstić information content (AvgIpc) is 3.17. The number of nitrogens with zero attached hydrogens (tertiary/aromatic N) is 4. The lowest BCUT2D eigenvalue weighted by Crippen LogP contribution is -2.30. The van der Waals surface area contributed by atoms with Crippen molar-refractivity contribution in [1.82, 2.24) is 25.4 Å². The number of alkyl halides is 3. The Labute approximate surface area is 161 Å². The van der Waals surface area contributed by atoms with E-state index in [0.717, 1.165) is 0 Å². The number of amides is 1. The number of nitrogens with one attached hydrogen (secondary N) is 2. The van der Waals surface area contributed by atoms with Gasteiger partial charge in [-0.15, -0.1) is 0 Å². The van der Waals surface area contributed by atoms with E-state index in [9.17, 15) is 22.4 Å². The molecule has 0 saturated heterocycles. The summed E-state index contributed by atoms with van der Waals surface area (Å²) in [5, 5.41) is 8.88. The van der Waals surface area contributed by atoms with Gasteiger partial charge in [0.15, 0.2) is 0 Å². The number of anilines is 1. The Morgan fingerprint density at radius 1 is 1.17 bits per heavy atom. The van der Waals surface area contributed by atoms with Gasteiger partial charge in [0.1, 0.15) is 5.82 Å². The highest BCUT2D eigenvalue weighted by Crippen LogP contribution is 2.29. The number of halogens is 4. The van der Waals surface area contributed by atoms with Crippen molar-refractivity contribution >= 4 is 11.9 Å². The molecule has 2 heterocycles. The molecule has 0 fully saturated rings. The molecule has 0 radical (unpaired) electrons. The number of carbonyl (C=O) groups excluding carboxylic acids is 1. The van der Waals surface area contributed by atoms with Crippen LogP contribution in [-0.4, -0.2) is 32.6 Å². The molecule has 1 amide bonds. The second-order valence-corrected chi connectivity index (χ2v) is 5.90. The number of hydrogen-bond acceptors (Lipinski definition) is 7. The van der Waals surface area contributed by atoms with E-state index >= 15 is 0 Å². The molecule has 8 nitrogen and oxygen atoms in total. The van der Waals surface area contributed by atoms with Crippen LogP contribution in [-0.2, 0) is 11.0 Å². The highest BCUT2D eigenvalue weighted by Gasteiger charge is 2.38. The highest BCUT2D eigenvalue weighted by atomic mass is 19.4. The van der Waals surface area contributed by atoms with Crippen LogP contribution in [0.3, 0.4) is 0 Å². The Balaban J connectivity index is 1.77. The third-order valence-electron chi connectivity index (χ3n) is 3.71. The van der Waals surface area contributed by atoms with Crippen molar-refractivity contribution in [2.45, 2.75) is 19.1 Å². The van der Waals surface area contributed by atoms with Crippen molar-refractivity contribution in [2.24, 2.45) is 0 Å². The second-order valence-electron chi connectivity index (χ2n) is 5.90. The quantitative estimate of drug-likeness (QED) is 0.602. The lowest BCUT2D eigenvalue weighted by Gasteiger charge is -2.19. The summed E-state index contributed by atoms with van der Waals surface area (Å²) in [6, 6.07) is 5.15. The molecule has 1 aromatic carbocycles. The Bertz CT molecular complexity index is 973. The Kier molecular flexibility index (Phi) is 5.71. The fourth-order valence-corrected chi connectivity index (χ4v) is 2.32. The molecule has 0 saturated carbocycles. The topological polar surface area (TPSA) is 106 Å². The van der Waals surface area contributed by atoms with Crippen LogP contribution in [0.5, 0.6) is 0 Å². The first-order chi connectivity index (χ1) is 13.7. The van der Waals surface area contributed by atoms with Gasteiger partial charge in [0.2, 0.25) is 17.7 Å². The summed E-state index contributed by atoms with van der Waals surface area (Å²) in [5.74, 6) is -2.31. The number of rotatable bonds is 6. The maximum atomic E-state index is 13.2. The molecular weight excluding hydrogens is 396 g/mol. The van der Waals surface area contributed by atoms with Crippen LogP contribution in [0, 0.1) is 5.82 Å². The predicted octanol–water partition coefficient (Wildman–Crippen LogP) is 2.97. The summed E-state index contributed by atoms with van der Waals surface area (Å²) < 4.78 is 55.0. The van der Waals surface area contributed by atoms with Crippen molar-refractivity contribution < 1.29 is 26.9 Å². The van der Waals surface area contributed by atoms with E-state index in [1.165, 1.54) is 31.5 Å². The molecule has 1 atom stereocenters. The zero-order chi connectivity index (χ0) is 21.0. The molecule has 2 N–H and O–H groups in total. The number of carbonyl (C=O) groups is 1. The van der Waals surface area contributed by atoms with Gasteiger partial charge < -0.3 is 15.2 Å². The van der Waals surface area contributed by atoms with Crippen LogP contribution in [0.2, 0.25) is 0 Å². The van der Waals surface area contributed by atoms with E-state index in [-0.39, 0.29) is 29.8 Å². The standard InChI is InChI=1S/C17H14F4N6O2/c1-9(28)22-8-13(10-2-4-12(18)5-3-10)25-16-23-6-11(7-24-16)14-26-15(29-27-14)17(19,20)21/h2-7,13H,8H2,1H3,(H,22,28)(H,23,24,25). The third-order valence-corrected chi connectivity index (χ3v) is 3.71. The predicted molar refractivity (Wildman–Crippen MR) is 91.8 cm³/mol. The maximum absolute atomic E-state index is 13.2. The molecule has 2 aromatic heterocycles. The number of hydrogen-bond donors (Lipinski definition) is 2. The molecule has 3 aromatic rings. The molecule has 3 rings (SSSR count). The van der Waals surface area contributed by atoms with E-state index in [4.69, 9.17) is 0 Å². The normalized spacial score (nSPS) is 12.4. The smallest absolute Gasteiger partial charge is 0.354 e. The molecule has 0 aliphatic carbocycles. The van der Waals surface area contributed by atoms with Crippen LogP contribution in [0.1, 0.15) is 24.4 Å². The zero-order valence-corrected chi connectivity index (χ0v) is 14.9. The van der Waals surface area contributed by atoms with E-state index in [1.54, 1.807) is 12.1 Å². The molecule has 12 heteroatoms. The minimum atomic E-state index is -4.75. The lowest BCUT2D eigenvalue weighted by molar-refractivity contribution is -0.159. The van der Waals surface area contributed by atoms with Gasteiger partial charge in [0.05, 0.1) is 11.6 Å². The summed E-state index contributed by atoms with van der Waals surface area (Å²) in [4.78, 5) is 22.5. The first kappa shape index (κ1) is 20.2. The van der Waals surface area contributed by atoms with Gasteiger partial charge >= 0.3 is 12.1 Å². The first-order valence-electron chi connectivity index (χ1n) is 8.22. The van der Waals surface area contributed by atoms with E-state index < -0.39 is 23.9 Å². The summed E-state index contributed by atoms with van der Waals surface area (Å²) in [7, 11) is 0. The van der Waals surface area contributed by atoms with Crippen LogP contribution in [0.15, 0.2) is 41.2 Å². The minimum Gasteiger partial charge on any atom is -0.354 e. The van der Waals surface area contributed by atoms with Crippen LogP contribution >= 0.6 is 0 Å². The molecule has 0 spiro atoms. The largest absolute Gasteiger partial charge is 0.471 e. The van der Waals surface area contributed by atoms with E-state index in [0.29, 0.717) is 5.56 Å². The monoisotopic (exact) mass is 410 g/mol. The van der Waals surface area contributed by atoms with E-state index in [1.807, 2.05) is 0 Å². The number of aromatic nitrogens is 4. The highest BCUT2D eigenvalue weighted by molar-refractivity contribution is 5.72. The summed E-state index contributed by atoms with van der Waals surface area (Å²) in [6.45, 7) is 1.53. The van der Waals surface area contributed by atoms with Gasteiger partial charge in [-0.2, -0.15) is 18.2 Å². The SMILES string of the molecule is CC(=O)NCC(Nc1ncc(-c2noc(C(F)(F)F)n2)cn1)c1ccc(F)cc1. The second kappa shape index (κ2) is 8.20. The first-order valence-corrected chi connectivity index (χ1v) is 8.22. The van der Waals surface area contributed by atoms with Crippen molar-refractivity contribution in [2.75, 3.05) is 11.9 Å². The van der Waals surface area contributed by atoms with Crippen LogP contribution in [0.4, 0.5) is 23.5 Å². The van der Waals surface area contributed by atoms with Gasteiger partial charge in [-0.05, 0) is 17.7 Å². The van der Waals surface area contributed by atoms with Crippen molar-refractivity contribution in [3.8, 4) is 11.4 Å². The molecule has 0 aliphatic heterocycles. The third kappa shape index (κ3) is 5.24. The van der Waals surface area contributed by atoms with Crippen LogP contribution < -0.4 is 10.6 Å². The van der Waals surface area contributed by atoms with Gasteiger partial charge in [0.25, 0.3) is 0 Å². The fourth-order valence-electron chi connectivity index (χ4n) is 2.32. The van der Waals surface area contributed by atoms with Gasteiger partial charge in [-0.25, -0.2) is 14.4 Å². The maximum Gasteiger partial charge on any atom is 0.471 e. The molecule has 1 unspecified atom stereocenters. The van der Waals surface area contributed by atoms with Crippen LogP contribution in [0.25, 0.3) is 11.4 Å². The van der Waals surface area contributed by atoms with Gasteiger partial charge in [-0.3, -0.25) is 4.79 Å². The molecule has 0 bridgehead atoms. The number of benzene rings is 1. The molecule has 0 aliphatic rings. The summed E-state index contributed by atoms with van der Waals surface area (Å²) in [5.41, 5.74) is 0.788. The Morgan fingerprint density at radius 2 is 1.83 bits per heavy atom. The van der Waals surface area contributed by atoms with E-state index in [2.05, 4.69) is 35.3 Å². The Hall–Kier alpha value is -3.57. The van der Waals surface area contributed by atoms with Gasteiger partial charge in [-0.1, -0.05) is 17.3 Å². The molecule has 152 valence electrons. The Morgan fingerprint density at radius 3 is 2.38 bits per heavy atom. The van der Waals surface area contributed by atoms with Crippen molar-refractivity contribution in [3.05, 3.63) is 53.9 Å². The summed E-state index contributed by atoms with van der Waals surface area (Å²) in [6.07, 6.45) is -2.30. The zero-order valence-electron chi connectivity index (χ0n) is 14.9. The van der Waals surface area contributed by atoms with Gasteiger partial charge in [0, 0.05) is 25.9 Å². The van der Waals surface area contributed by atoms with Crippen molar-refractivity contribution in [3.63, 3.8) is 0 Å². The minimum absolute atomic E-state index is 0.120. The fraction of sp³-hybridized carbons (Fsp3) is 0.235. The molecule has 29 heavy (non-hydrogen) atoms. The lowest BCUT2D eigenvalue weighted by atomic mass is 10.1.